The van der Waals surface area contributed by atoms with E-state index in [1.165, 1.54) is 46.2 Å². The Bertz CT molecular complexity index is 798. The minimum atomic E-state index is 0.250. The number of carbonyl (C=O) groups excluding carboxylic acids is 1. The molecular formula is C25H30O. The third kappa shape index (κ3) is 2.92. The van der Waals surface area contributed by atoms with Crippen molar-refractivity contribution in [3.8, 4) is 0 Å². The maximum absolute atomic E-state index is 12.9. The number of hydrogen-bond donors (Lipinski definition) is 0. The first-order chi connectivity index (χ1) is 12.3. The molecule has 2 aliphatic carbocycles. The quantitative estimate of drug-likeness (QED) is 0.715. The zero-order valence-electron chi connectivity index (χ0n) is 16.6. The smallest absolute Gasteiger partial charge is 0.141 e. The normalized spacial score (nSPS) is 19.2. The first-order valence-corrected chi connectivity index (χ1v) is 10.0. The van der Waals surface area contributed by atoms with Crippen LogP contribution in [0.4, 0.5) is 0 Å². The Kier molecular flexibility index (Phi) is 4.10. The van der Waals surface area contributed by atoms with Crippen molar-refractivity contribution in [3.05, 3.63) is 69.8 Å². The highest BCUT2D eigenvalue weighted by molar-refractivity contribution is 5.84. The van der Waals surface area contributed by atoms with Crippen LogP contribution < -0.4 is 0 Å². The van der Waals surface area contributed by atoms with Gasteiger partial charge in [-0.05, 0) is 69.9 Å². The molecule has 26 heavy (non-hydrogen) atoms. The van der Waals surface area contributed by atoms with E-state index in [0.717, 1.165) is 12.8 Å². The van der Waals surface area contributed by atoms with Crippen LogP contribution in [-0.2, 0) is 41.3 Å². The van der Waals surface area contributed by atoms with E-state index >= 15 is 0 Å². The van der Waals surface area contributed by atoms with Gasteiger partial charge in [0.15, 0.2) is 0 Å². The van der Waals surface area contributed by atoms with E-state index in [9.17, 15) is 4.79 Å². The van der Waals surface area contributed by atoms with Crippen molar-refractivity contribution in [2.24, 2.45) is 0 Å². The summed E-state index contributed by atoms with van der Waals surface area (Å²) >= 11 is 0. The van der Waals surface area contributed by atoms with Crippen molar-refractivity contribution >= 4 is 5.78 Å². The van der Waals surface area contributed by atoms with Crippen molar-refractivity contribution in [2.45, 2.75) is 77.0 Å². The van der Waals surface area contributed by atoms with Gasteiger partial charge in [0.2, 0.25) is 0 Å². The second kappa shape index (κ2) is 6.08. The lowest BCUT2D eigenvalue weighted by molar-refractivity contribution is -0.117. The third-order valence-corrected chi connectivity index (χ3v) is 6.78. The molecule has 4 rings (SSSR count). The highest BCUT2D eigenvalue weighted by Crippen LogP contribution is 2.41. The van der Waals surface area contributed by atoms with E-state index in [0.29, 0.717) is 18.6 Å². The molecule has 0 unspecified atom stereocenters. The van der Waals surface area contributed by atoms with E-state index in [1.807, 2.05) is 0 Å². The highest BCUT2D eigenvalue weighted by atomic mass is 16.1. The van der Waals surface area contributed by atoms with Crippen molar-refractivity contribution in [1.29, 1.82) is 0 Å². The van der Waals surface area contributed by atoms with Gasteiger partial charge in [-0.3, -0.25) is 4.79 Å². The van der Waals surface area contributed by atoms with Gasteiger partial charge in [-0.15, -0.1) is 0 Å². The first-order valence-electron chi connectivity index (χ1n) is 10.0. The summed E-state index contributed by atoms with van der Waals surface area (Å²) in [5.41, 5.74) is 8.78. The summed E-state index contributed by atoms with van der Waals surface area (Å²) in [6, 6.07) is 13.1. The van der Waals surface area contributed by atoms with Crippen molar-refractivity contribution in [2.75, 3.05) is 0 Å². The maximum atomic E-state index is 12.9. The Hall–Kier alpha value is -1.89. The molecule has 0 amide bonds. The summed E-state index contributed by atoms with van der Waals surface area (Å²) in [5, 5.41) is 0. The molecule has 2 aromatic carbocycles. The van der Waals surface area contributed by atoms with E-state index in [1.54, 1.807) is 0 Å². The highest BCUT2D eigenvalue weighted by Gasteiger charge is 2.32. The molecule has 0 atom stereocenters. The summed E-state index contributed by atoms with van der Waals surface area (Å²) in [6.07, 6.45) is 5.75. The number of hydrogen-bond acceptors (Lipinski definition) is 1. The monoisotopic (exact) mass is 346 g/mol. The number of ketones is 1. The van der Waals surface area contributed by atoms with Gasteiger partial charge in [0, 0.05) is 12.8 Å². The molecule has 136 valence electrons. The Morgan fingerprint density at radius 3 is 1.62 bits per heavy atom. The fourth-order valence-electron chi connectivity index (χ4n) is 5.09. The molecule has 0 spiro atoms. The zero-order chi connectivity index (χ0) is 18.5. The third-order valence-electron chi connectivity index (χ3n) is 6.78. The van der Waals surface area contributed by atoms with Gasteiger partial charge in [0.25, 0.3) is 0 Å². The molecule has 0 radical (unpaired) electrons. The fraction of sp³-hybridized carbons (Fsp3) is 0.480. The lowest BCUT2D eigenvalue weighted by Crippen LogP contribution is -2.14. The van der Waals surface area contributed by atoms with Crippen LogP contribution in [0.25, 0.3) is 0 Å². The average molecular weight is 347 g/mol. The van der Waals surface area contributed by atoms with Gasteiger partial charge in [-0.1, -0.05) is 64.1 Å². The van der Waals surface area contributed by atoms with E-state index in [2.05, 4.69) is 64.1 Å². The molecule has 0 bridgehead atoms. The Morgan fingerprint density at radius 2 is 1.19 bits per heavy atom. The number of carbonyl (C=O) groups is 1. The minimum absolute atomic E-state index is 0.250. The summed E-state index contributed by atoms with van der Waals surface area (Å²) in [5.74, 6) is 0.348. The first kappa shape index (κ1) is 17.5. The van der Waals surface area contributed by atoms with Crippen LogP contribution in [-0.4, -0.2) is 5.78 Å². The zero-order valence-corrected chi connectivity index (χ0v) is 16.6. The topological polar surface area (TPSA) is 17.1 Å². The predicted molar refractivity (Wildman–Crippen MR) is 108 cm³/mol. The van der Waals surface area contributed by atoms with Gasteiger partial charge in [0.05, 0.1) is 0 Å². The summed E-state index contributed by atoms with van der Waals surface area (Å²) in [4.78, 5) is 12.9. The number of rotatable bonds is 4. The van der Waals surface area contributed by atoms with Crippen molar-refractivity contribution < 1.29 is 4.79 Å². The van der Waals surface area contributed by atoms with Crippen LogP contribution in [0.15, 0.2) is 36.4 Å². The minimum Gasteiger partial charge on any atom is -0.299 e. The van der Waals surface area contributed by atoms with Gasteiger partial charge in [-0.2, -0.15) is 0 Å². The summed E-state index contributed by atoms with van der Waals surface area (Å²) < 4.78 is 0. The number of benzene rings is 2. The molecule has 0 saturated heterocycles. The molecule has 1 heteroatoms. The molecule has 0 heterocycles. The van der Waals surface area contributed by atoms with Crippen molar-refractivity contribution in [3.63, 3.8) is 0 Å². The maximum Gasteiger partial charge on any atom is 0.141 e. The lowest BCUT2D eigenvalue weighted by Gasteiger charge is -2.19. The van der Waals surface area contributed by atoms with Gasteiger partial charge in [0.1, 0.15) is 5.78 Å². The van der Waals surface area contributed by atoms with Crippen LogP contribution >= 0.6 is 0 Å². The molecular weight excluding hydrogens is 316 g/mol. The van der Waals surface area contributed by atoms with Crippen LogP contribution in [0, 0.1) is 0 Å². The average Bonchev–Trinajstić information content (AvgIpc) is 3.06. The standard InChI is InChI=1S/C25H30O/c1-24(2)13-11-20-17(7-5-9-22(20)24)15-19(26)16-18-8-6-10-23-21(18)12-14-25(23,3)4/h5-10H,11-16H2,1-4H3. The molecule has 2 aliphatic rings. The van der Waals surface area contributed by atoms with E-state index in [-0.39, 0.29) is 10.8 Å². The number of Topliss-reactive ketones (excluding diaryl/α,β-unsaturated/α-hetero) is 1. The molecule has 2 aromatic rings. The van der Waals surface area contributed by atoms with Gasteiger partial charge < -0.3 is 0 Å². The molecule has 1 nitrogen and oxygen atoms in total. The predicted octanol–water partition coefficient (Wildman–Crippen LogP) is 5.49. The Morgan fingerprint density at radius 1 is 0.769 bits per heavy atom. The summed E-state index contributed by atoms with van der Waals surface area (Å²) in [6.45, 7) is 9.28. The van der Waals surface area contributed by atoms with Crippen LogP contribution in [0.1, 0.15) is 73.9 Å². The van der Waals surface area contributed by atoms with Gasteiger partial charge >= 0.3 is 0 Å². The summed E-state index contributed by atoms with van der Waals surface area (Å²) in [7, 11) is 0. The van der Waals surface area contributed by atoms with Crippen LogP contribution in [0.5, 0.6) is 0 Å². The molecule has 0 fully saturated rings. The molecule has 0 saturated carbocycles. The second-order valence-corrected chi connectivity index (χ2v) is 9.55. The SMILES string of the molecule is CC1(C)CCc2c(CC(=O)Cc3cccc4c3CCC4(C)C)cccc21. The fourth-order valence-corrected chi connectivity index (χ4v) is 5.09. The van der Waals surface area contributed by atoms with E-state index in [4.69, 9.17) is 0 Å². The molecule has 0 aromatic heterocycles. The second-order valence-electron chi connectivity index (χ2n) is 9.55. The lowest BCUT2D eigenvalue weighted by atomic mass is 9.85. The van der Waals surface area contributed by atoms with Crippen LogP contribution in [0.2, 0.25) is 0 Å². The molecule has 0 aliphatic heterocycles. The van der Waals surface area contributed by atoms with Gasteiger partial charge in [-0.25, -0.2) is 0 Å². The Balaban J connectivity index is 1.56. The largest absolute Gasteiger partial charge is 0.299 e. The van der Waals surface area contributed by atoms with Crippen LogP contribution in [0.3, 0.4) is 0 Å². The van der Waals surface area contributed by atoms with E-state index < -0.39 is 0 Å². The number of fused-ring (bicyclic) bond motifs is 2. The molecule has 0 N–H and O–H groups in total. The Labute approximate surface area is 157 Å². The van der Waals surface area contributed by atoms with Crippen molar-refractivity contribution in [1.82, 2.24) is 0 Å².